The van der Waals surface area contributed by atoms with Crippen LogP contribution in [0.25, 0.3) is 16.9 Å². The van der Waals surface area contributed by atoms with E-state index >= 15 is 0 Å². The zero-order chi connectivity index (χ0) is 23.5. The van der Waals surface area contributed by atoms with Crippen molar-refractivity contribution in [2.24, 2.45) is 0 Å². The summed E-state index contributed by atoms with van der Waals surface area (Å²) >= 11 is 0. The predicted molar refractivity (Wildman–Crippen MR) is 132 cm³/mol. The van der Waals surface area contributed by atoms with Crippen molar-refractivity contribution < 1.29 is 9.47 Å². The molecule has 182 valence electrons. The van der Waals surface area contributed by atoms with Gasteiger partial charge in [-0.1, -0.05) is 12.1 Å². The van der Waals surface area contributed by atoms with E-state index in [1.807, 2.05) is 21.6 Å². The summed E-state index contributed by atoms with van der Waals surface area (Å²) in [5.74, 6) is 0.776. The smallest absolute Gasteiger partial charge is 0.174 e. The molecule has 0 saturated carbocycles. The van der Waals surface area contributed by atoms with E-state index in [1.165, 1.54) is 11.3 Å². The predicted octanol–water partition coefficient (Wildman–Crippen LogP) is 1.75. The lowest BCUT2D eigenvalue weighted by Gasteiger charge is -2.28. The van der Waals surface area contributed by atoms with Crippen LogP contribution in [0.3, 0.4) is 0 Å². The van der Waals surface area contributed by atoms with Gasteiger partial charge in [-0.2, -0.15) is 10.2 Å². The van der Waals surface area contributed by atoms with Gasteiger partial charge in [0.1, 0.15) is 0 Å². The number of fused-ring (bicyclic) bond motifs is 1. The SMILES string of the molecule is c1cc(N2CCOCC2)ccc1Cc1nc2cncc(-c3cnn(CCN4CCOCC4)c3)n2n1. The molecule has 2 aliphatic heterocycles. The Morgan fingerprint density at radius 1 is 0.829 bits per heavy atom. The summed E-state index contributed by atoms with van der Waals surface area (Å²) in [6, 6.07) is 8.67. The van der Waals surface area contributed by atoms with Crippen LogP contribution in [0, 0.1) is 0 Å². The lowest BCUT2D eigenvalue weighted by atomic mass is 10.1. The van der Waals surface area contributed by atoms with Crippen LogP contribution in [-0.4, -0.2) is 93.4 Å². The molecule has 3 aromatic heterocycles. The first-order chi connectivity index (χ1) is 17.3. The molecule has 0 bridgehead atoms. The number of hydrogen-bond acceptors (Lipinski definition) is 8. The third-order valence-corrected chi connectivity index (χ3v) is 6.64. The Kier molecular flexibility index (Phi) is 6.39. The maximum atomic E-state index is 5.46. The second-order valence-electron chi connectivity index (χ2n) is 8.98. The highest BCUT2D eigenvalue weighted by molar-refractivity contribution is 5.59. The van der Waals surface area contributed by atoms with E-state index in [4.69, 9.17) is 19.6 Å². The van der Waals surface area contributed by atoms with E-state index in [0.29, 0.717) is 6.42 Å². The Balaban J connectivity index is 1.16. The minimum atomic E-state index is 0.670. The maximum absolute atomic E-state index is 5.46. The van der Waals surface area contributed by atoms with Crippen LogP contribution in [0.1, 0.15) is 11.4 Å². The summed E-state index contributed by atoms with van der Waals surface area (Å²) in [6.07, 6.45) is 8.18. The first kappa shape index (κ1) is 22.1. The van der Waals surface area contributed by atoms with Crippen LogP contribution < -0.4 is 4.90 Å². The highest BCUT2D eigenvalue weighted by atomic mass is 16.5. The number of aromatic nitrogens is 6. The molecule has 2 aliphatic rings. The quantitative estimate of drug-likeness (QED) is 0.401. The normalized spacial score (nSPS) is 17.3. The fraction of sp³-hybridized carbons (Fsp3) is 0.440. The Bertz CT molecular complexity index is 1260. The summed E-state index contributed by atoms with van der Waals surface area (Å²) in [4.78, 5) is 13.9. The van der Waals surface area contributed by atoms with Crippen molar-refractivity contribution in [3.63, 3.8) is 0 Å². The largest absolute Gasteiger partial charge is 0.379 e. The maximum Gasteiger partial charge on any atom is 0.174 e. The monoisotopic (exact) mass is 474 g/mol. The minimum Gasteiger partial charge on any atom is -0.379 e. The van der Waals surface area contributed by atoms with Crippen LogP contribution in [0.5, 0.6) is 0 Å². The van der Waals surface area contributed by atoms with Gasteiger partial charge in [-0.05, 0) is 17.7 Å². The molecule has 0 spiro atoms. The Morgan fingerprint density at radius 3 is 2.40 bits per heavy atom. The van der Waals surface area contributed by atoms with Gasteiger partial charge < -0.3 is 14.4 Å². The van der Waals surface area contributed by atoms with Gasteiger partial charge in [0.15, 0.2) is 11.5 Å². The molecule has 0 amide bonds. The molecule has 0 atom stereocenters. The zero-order valence-electron chi connectivity index (χ0n) is 19.8. The summed E-state index contributed by atoms with van der Waals surface area (Å²) < 4.78 is 14.7. The van der Waals surface area contributed by atoms with Gasteiger partial charge in [-0.15, -0.1) is 0 Å². The third-order valence-electron chi connectivity index (χ3n) is 6.64. The molecule has 2 saturated heterocycles. The van der Waals surface area contributed by atoms with Crippen LogP contribution in [-0.2, 0) is 22.4 Å². The van der Waals surface area contributed by atoms with E-state index in [9.17, 15) is 0 Å². The summed E-state index contributed by atoms with van der Waals surface area (Å²) in [5, 5.41) is 9.37. The summed E-state index contributed by atoms with van der Waals surface area (Å²) in [6.45, 7) is 8.84. The molecule has 0 aliphatic carbocycles. The van der Waals surface area contributed by atoms with Gasteiger partial charge in [-0.3, -0.25) is 14.6 Å². The molecule has 10 heteroatoms. The van der Waals surface area contributed by atoms with Crippen molar-refractivity contribution in [1.29, 1.82) is 0 Å². The average molecular weight is 475 g/mol. The first-order valence-electron chi connectivity index (χ1n) is 12.3. The molecule has 0 N–H and O–H groups in total. The summed E-state index contributed by atoms with van der Waals surface area (Å²) in [7, 11) is 0. The minimum absolute atomic E-state index is 0.670. The van der Waals surface area contributed by atoms with Gasteiger partial charge in [0.2, 0.25) is 0 Å². The highest BCUT2D eigenvalue weighted by Gasteiger charge is 2.15. The van der Waals surface area contributed by atoms with Crippen molar-refractivity contribution in [2.75, 3.05) is 64.1 Å². The molecule has 0 radical (unpaired) electrons. The Morgan fingerprint density at radius 2 is 1.60 bits per heavy atom. The molecule has 6 rings (SSSR count). The lowest BCUT2D eigenvalue weighted by Crippen LogP contribution is -2.38. The number of nitrogens with zero attached hydrogens (tertiary/aromatic N) is 8. The molecule has 10 nitrogen and oxygen atoms in total. The molecular weight excluding hydrogens is 444 g/mol. The molecule has 2 fully saturated rings. The first-order valence-corrected chi connectivity index (χ1v) is 12.3. The van der Waals surface area contributed by atoms with Gasteiger partial charge in [0.25, 0.3) is 0 Å². The highest BCUT2D eigenvalue weighted by Crippen LogP contribution is 2.21. The molecular formula is C25H30N8O2. The number of benzene rings is 1. The van der Waals surface area contributed by atoms with E-state index in [0.717, 1.165) is 88.4 Å². The number of anilines is 1. The van der Waals surface area contributed by atoms with E-state index in [-0.39, 0.29) is 0 Å². The lowest BCUT2D eigenvalue weighted by molar-refractivity contribution is 0.0360. The van der Waals surface area contributed by atoms with Gasteiger partial charge >= 0.3 is 0 Å². The van der Waals surface area contributed by atoms with Crippen molar-refractivity contribution >= 4 is 11.3 Å². The van der Waals surface area contributed by atoms with Crippen molar-refractivity contribution in [1.82, 2.24) is 34.3 Å². The standard InChI is InChI=1S/C25H30N8O2/c1-3-22(31-9-13-35-14-10-31)4-2-20(1)15-24-28-25-18-26-17-23(33(25)29-24)21-16-27-32(19-21)6-5-30-7-11-34-12-8-30/h1-4,16-19H,5-15H2. The zero-order valence-corrected chi connectivity index (χ0v) is 19.8. The van der Waals surface area contributed by atoms with E-state index < -0.39 is 0 Å². The number of rotatable bonds is 7. The number of hydrogen-bond donors (Lipinski definition) is 0. The molecule has 35 heavy (non-hydrogen) atoms. The van der Waals surface area contributed by atoms with E-state index in [1.54, 1.807) is 6.20 Å². The van der Waals surface area contributed by atoms with Gasteiger partial charge in [0, 0.05) is 56.6 Å². The van der Waals surface area contributed by atoms with Crippen LogP contribution >= 0.6 is 0 Å². The fourth-order valence-electron chi connectivity index (χ4n) is 4.65. The Hall–Kier alpha value is -3.34. The third kappa shape index (κ3) is 5.04. The van der Waals surface area contributed by atoms with Gasteiger partial charge in [-0.25, -0.2) is 9.50 Å². The second kappa shape index (κ2) is 10.1. The molecule has 5 heterocycles. The number of ether oxygens (including phenoxy) is 2. The molecule has 4 aromatic rings. The molecule has 1 aromatic carbocycles. The number of morpholine rings is 2. The second-order valence-corrected chi connectivity index (χ2v) is 8.98. The van der Waals surface area contributed by atoms with Crippen LogP contribution in [0.15, 0.2) is 49.1 Å². The van der Waals surface area contributed by atoms with E-state index in [2.05, 4.69) is 50.3 Å². The van der Waals surface area contributed by atoms with Crippen LogP contribution in [0.4, 0.5) is 5.69 Å². The van der Waals surface area contributed by atoms with Crippen LogP contribution in [0.2, 0.25) is 0 Å². The molecule has 0 unspecified atom stereocenters. The van der Waals surface area contributed by atoms with Gasteiger partial charge in [0.05, 0.1) is 57.3 Å². The topological polar surface area (TPSA) is 85.8 Å². The Labute approximate surface area is 204 Å². The van der Waals surface area contributed by atoms with Crippen molar-refractivity contribution in [3.8, 4) is 11.3 Å². The fourth-order valence-corrected chi connectivity index (χ4v) is 4.65. The van der Waals surface area contributed by atoms with Crippen molar-refractivity contribution in [2.45, 2.75) is 13.0 Å². The average Bonchev–Trinajstić information content (AvgIpc) is 3.56. The summed E-state index contributed by atoms with van der Waals surface area (Å²) in [5.41, 5.74) is 5.03. The van der Waals surface area contributed by atoms with Crippen molar-refractivity contribution in [3.05, 3.63) is 60.4 Å².